The van der Waals surface area contributed by atoms with Crippen molar-refractivity contribution in [1.82, 2.24) is 9.78 Å². The molecule has 154 valence electrons. The quantitative estimate of drug-likeness (QED) is 0.676. The van der Waals surface area contributed by atoms with Crippen LogP contribution in [0.15, 0.2) is 66.1 Å². The fraction of sp³-hybridized carbons (Fsp3) is 0.227. The van der Waals surface area contributed by atoms with Gasteiger partial charge in [0.2, 0.25) is 5.60 Å². The zero-order valence-electron chi connectivity index (χ0n) is 16.6. The Labute approximate surface area is 173 Å². The van der Waals surface area contributed by atoms with E-state index in [2.05, 4.69) is 15.6 Å². The first-order chi connectivity index (χ1) is 14.5. The SMILES string of the molecule is COc1ccccc1C1=NO[C@@](C)(C(=O)Nc2cnn(Cc3ccccc3F)c2)C1. The van der Waals surface area contributed by atoms with Gasteiger partial charge in [-0.3, -0.25) is 9.48 Å². The monoisotopic (exact) mass is 408 g/mol. The van der Waals surface area contributed by atoms with Crippen LogP contribution < -0.4 is 10.1 Å². The third-order valence-corrected chi connectivity index (χ3v) is 4.94. The molecule has 1 aromatic heterocycles. The fourth-order valence-electron chi connectivity index (χ4n) is 3.27. The maximum atomic E-state index is 13.8. The molecule has 1 N–H and O–H groups in total. The number of carbonyl (C=O) groups excluding carboxylic acids is 1. The molecule has 0 saturated heterocycles. The smallest absolute Gasteiger partial charge is 0.271 e. The molecule has 1 amide bonds. The molecular formula is C22H21FN4O3. The first-order valence-electron chi connectivity index (χ1n) is 9.44. The number of methoxy groups -OCH3 is 1. The van der Waals surface area contributed by atoms with Crippen LogP contribution in [0.4, 0.5) is 10.1 Å². The lowest BCUT2D eigenvalue weighted by Crippen LogP contribution is -2.40. The summed E-state index contributed by atoms with van der Waals surface area (Å²) in [4.78, 5) is 18.4. The lowest BCUT2D eigenvalue weighted by atomic mass is 9.94. The van der Waals surface area contributed by atoms with Gasteiger partial charge >= 0.3 is 0 Å². The maximum Gasteiger partial charge on any atom is 0.271 e. The normalized spacial score (nSPS) is 17.9. The average molecular weight is 408 g/mol. The summed E-state index contributed by atoms with van der Waals surface area (Å²) in [7, 11) is 1.58. The molecule has 8 heteroatoms. The molecule has 0 aliphatic carbocycles. The van der Waals surface area contributed by atoms with E-state index < -0.39 is 5.60 Å². The van der Waals surface area contributed by atoms with Gasteiger partial charge in [0.05, 0.1) is 31.3 Å². The number of carbonyl (C=O) groups is 1. The summed E-state index contributed by atoms with van der Waals surface area (Å²) >= 11 is 0. The highest BCUT2D eigenvalue weighted by Crippen LogP contribution is 2.31. The van der Waals surface area contributed by atoms with Crippen LogP contribution in [0.3, 0.4) is 0 Å². The lowest BCUT2D eigenvalue weighted by Gasteiger charge is -2.19. The Morgan fingerprint density at radius 1 is 1.27 bits per heavy atom. The van der Waals surface area contributed by atoms with Crippen molar-refractivity contribution in [3.63, 3.8) is 0 Å². The Balaban J connectivity index is 1.42. The molecule has 0 spiro atoms. The van der Waals surface area contributed by atoms with Crippen molar-refractivity contribution < 1.29 is 18.8 Å². The van der Waals surface area contributed by atoms with Crippen LogP contribution >= 0.6 is 0 Å². The molecule has 30 heavy (non-hydrogen) atoms. The largest absolute Gasteiger partial charge is 0.496 e. The Bertz CT molecular complexity index is 1110. The minimum absolute atomic E-state index is 0.261. The van der Waals surface area contributed by atoms with Gasteiger partial charge < -0.3 is 14.9 Å². The minimum atomic E-state index is -1.16. The van der Waals surface area contributed by atoms with Crippen LogP contribution in [0, 0.1) is 5.82 Å². The van der Waals surface area contributed by atoms with E-state index in [1.54, 1.807) is 43.1 Å². The topological polar surface area (TPSA) is 77.7 Å². The molecule has 0 fully saturated rings. The van der Waals surface area contributed by atoms with Crippen LogP contribution in [0.25, 0.3) is 0 Å². The van der Waals surface area contributed by atoms with Gasteiger partial charge in [0, 0.05) is 23.7 Å². The van der Waals surface area contributed by atoms with E-state index in [0.717, 1.165) is 5.56 Å². The summed E-state index contributed by atoms with van der Waals surface area (Å²) in [5, 5.41) is 11.1. The van der Waals surface area contributed by atoms with Gasteiger partial charge in [0.25, 0.3) is 5.91 Å². The molecule has 0 unspecified atom stereocenters. The first-order valence-corrected chi connectivity index (χ1v) is 9.44. The lowest BCUT2D eigenvalue weighted by molar-refractivity contribution is -0.135. The molecule has 1 aliphatic heterocycles. The second kappa shape index (κ2) is 7.98. The van der Waals surface area contributed by atoms with Crippen LogP contribution in [0.2, 0.25) is 0 Å². The van der Waals surface area contributed by atoms with E-state index in [1.165, 1.54) is 12.3 Å². The van der Waals surface area contributed by atoms with Crippen molar-refractivity contribution in [1.29, 1.82) is 0 Å². The zero-order valence-corrected chi connectivity index (χ0v) is 16.6. The van der Waals surface area contributed by atoms with Crippen LogP contribution in [-0.2, 0) is 16.2 Å². The number of halogens is 1. The number of oxime groups is 1. The number of nitrogens with one attached hydrogen (secondary N) is 1. The van der Waals surface area contributed by atoms with Crippen molar-refractivity contribution in [3.8, 4) is 5.75 Å². The van der Waals surface area contributed by atoms with Crippen LogP contribution in [0.5, 0.6) is 5.75 Å². The molecule has 1 aliphatic rings. The van der Waals surface area contributed by atoms with E-state index in [9.17, 15) is 9.18 Å². The second-order valence-corrected chi connectivity index (χ2v) is 7.21. The highest BCUT2D eigenvalue weighted by atomic mass is 19.1. The number of anilines is 1. The molecule has 7 nitrogen and oxygen atoms in total. The first kappa shape index (κ1) is 19.6. The summed E-state index contributed by atoms with van der Waals surface area (Å²) in [6, 6.07) is 13.9. The number of hydrogen-bond donors (Lipinski definition) is 1. The van der Waals surface area contributed by atoms with Crippen molar-refractivity contribution in [2.45, 2.75) is 25.5 Å². The molecule has 1 atom stereocenters. The van der Waals surface area contributed by atoms with E-state index in [1.807, 2.05) is 24.3 Å². The molecule has 3 aromatic rings. The van der Waals surface area contributed by atoms with Gasteiger partial charge in [-0.1, -0.05) is 35.5 Å². The zero-order chi connectivity index (χ0) is 21.1. The predicted molar refractivity (Wildman–Crippen MR) is 110 cm³/mol. The molecule has 0 bridgehead atoms. The van der Waals surface area contributed by atoms with Gasteiger partial charge in [0.1, 0.15) is 11.6 Å². The third kappa shape index (κ3) is 3.89. The Kier molecular flexibility index (Phi) is 5.22. The second-order valence-electron chi connectivity index (χ2n) is 7.21. The highest BCUT2D eigenvalue weighted by molar-refractivity contribution is 6.09. The predicted octanol–water partition coefficient (Wildman–Crippen LogP) is 3.60. The third-order valence-electron chi connectivity index (χ3n) is 4.94. The molecular weight excluding hydrogens is 387 g/mol. The van der Waals surface area contributed by atoms with E-state index in [4.69, 9.17) is 9.57 Å². The van der Waals surface area contributed by atoms with Gasteiger partial charge in [-0.15, -0.1) is 0 Å². The standard InChI is InChI=1S/C22H21FN4O3/c1-22(11-19(26-30-22)17-8-4-6-10-20(17)29-2)21(28)25-16-12-24-27(14-16)13-15-7-3-5-9-18(15)23/h3-10,12,14H,11,13H2,1-2H3,(H,25,28)/t22-/m1/s1. The number of rotatable bonds is 6. The van der Waals surface area contributed by atoms with Crippen molar-refractivity contribution in [3.05, 3.63) is 77.9 Å². The summed E-state index contributed by atoms with van der Waals surface area (Å²) < 4.78 is 20.8. The summed E-state index contributed by atoms with van der Waals surface area (Å²) in [5.41, 5.74) is 1.27. The average Bonchev–Trinajstić information content (AvgIpc) is 3.37. The number of amides is 1. The van der Waals surface area contributed by atoms with Crippen molar-refractivity contribution >= 4 is 17.3 Å². The van der Waals surface area contributed by atoms with Gasteiger partial charge in [0.15, 0.2) is 0 Å². The number of para-hydroxylation sites is 1. The molecule has 2 heterocycles. The Morgan fingerprint density at radius 2 is 2.03 bits per heavy atom. The summed E-state index contributed by atoms with van der Waals surface area (Å²) in [6.07, 6.45) is 3.45. The van der Waals surface area contributed by atoms with Crippen molar-refractivity contribution in [2.75, 3.05) is 12.4 Å². The summed E-state index contributed by atoms with van der Waals surface area (Å²) in [6.45, 7) is 1.94. The van der Waals surface area contributed by atoms with Gasteiger partial charge in [-0.2, -0.15) is 5.10 Å². The molecule has 2 aromatic carbocycles. The van der Waals surface area contributed by atoms with E-state index in [0.29, 0.717) is 29.1 Å². The van der Waals surface area contributed by atoms with Gasteiger partial charge in [-0.25, -0.2) is 4.39 Å². The van der Waals surface area contributed by atoms with Gasteiger partial charge in [-0.05, 0) is 25.1 Å². The van der Waals surface area contributed by atoms with E-state index >= 15 is 0 Å². The summed E-state index contributed by atoms with van der Waals surface area (Å²) in [5.74, 6) is 0.0204. The van der Waals surface area contributed by atoms with E-state index in [-0.39, 0.29) is 18.3 Å². The number of ether oxygens (including phenoxy) is 1. The van der Waals surface area contributed by atoms with Crippen LogP contribution in [0.1, 0.15) is 24.5 Å². The van der Waals surface area contributed by atoms with Crippen LogP contribution in [-0.4, -0.2) is 34.1 Å². The Morgan fingerprint density at radius 3 is 2.83 bits per heavy atom. The Hall–Kier alpha value is -3.68. The minimum Gasteiger partial charge on any atom is -0.496 e. The number of hydrogen-bond acceptors (Lipinski definition) is 5. The molecule has 4 rings (SSSR count). The maximum absolute atomic E-state index is 13.8. The fourth-order valence-corrected chi connectivity index (χ4v) is 3.27. The number of aromatic nitrogens is 2. The number of benzene rings is 2. The molecule has 0 radical (unpaired) electrons. The molecule has 0 saturated carbocycles. The van der Waals surface area contributed by atoms with Crippen molar-refractivity contribution in [2.24, 2.45) is 5.16 Å². The highest BCUT2D eigenvalue weighted by Gasteiger charge is 2.43. The number of nitrogens with zero attached hydrogens (tertiary/aromatic N) is 3.